The number of pyridine rings is 1. The van der Waals surface area contributed by atoms with Crippen LogP contribution in [0.25, 0.3) is 12.2 Å². The van der Waals surface area contributed by atoms with Gasteiger partial charge in [0, 0.05) is 18.4 Å². The molecule has 0 radical (unpaired) electrons. The molecule has 1 atom stereocenters. The highest BCUT2D eigenvalue weighted by Gasteiger charge is 2.20. The van der Waals surface area contributed by atoms with Gasteiger partial charge in [0.25, 0.3) is 0 Å². The first-order valence-electron chi connectivity index (χ1n) is 6.44. The van der Waals surface area contributed by atoms with Crippen LogP contribution in [0.5, 0.6) is 0 Å². The first-order chi connectivity index (χ1) is 9.69. The van der Waals surface area contributed by atoms with E-state index in [2.05, 4.69) is 4.98 Å². The Balaban J connectivity index is 2.13. The lowest BCUT2D eigenvalue weighted by Crippen LogP contribution is -2.05. The molecular formula is C16H14ClNO2. The zero-order valence-electron chi connectivity index (χ0n) is 10.8. The van der Waals surface area contributed by atoms with E-state index in [4.69, 9.17) is 16.7 Å². The van der Waals surface area contributed by atoms with Crippen LogP contribution in [0.2, 0.25) is 5.02 Å². The number of nitrogens with zero attached hydrogens (tertiary/aromatic N) is 1. The summed E-state index contributed by atoms with van der Waals surface area (Å²) in [7, 11) is 0. The smallest absolute Gasteiger partial charge is 0.107 e. The zero-order chi connectivity index (χ0) is 14.1. The fourth-order valence-electron chi connectivity index (χ4n) is 2.46. The second kappa shape index (κ2) is 5.37. The normalized spacial score (nSPS) is 16.4. The number of aromatic nitrogens is 1. The molecule has 1 aliphatic carbocycles. The molecule has 0 spiro atoms. The predicted octanol–water partition coefficient (Wildman–Crippen LogP) is 2.84. The average Bonchev–Trinajstić information content (AvgIpc) is 2.58. The Morgan fingerprint density at radius 3 is 2.80 bits per heavy atom. The van der Waals surface area contributed by atoms with Gasteiger partial charge in [0.1, 0.15) is 6.10 Å². The monoisotopic (exact) mass is 287 g/mol. The maximum Gasteiger partial charge on any atom is 0.107 e. The van der Waals surface area contributed by atoms with Crippen molar-refractivity contribution >= 4 is 23.8 Å². The summed E-state index contributed by atoms with van der Waals surface area (Å²) in [6.45, 7) is 0.0920. The average molecular weight is 288 g/mol. The molecule has 0 unspecified atom stereocenters. The number of fused-ring (bicyclic) bond motifs is 2. The summed E-state index contributed by atoms with van der Waals surface area (Å²) in [5, 5.41) is 20.2. The van der Waals surface area contributed by atoms with E-state index in [0.29, 0.717) is 17.0 Å². The number of hydrogen-bond donors (Lipinski definition) is 2. The Morgan fingerprint density at radius 1 is 1.15 bits per heavy atom. The van der Waals surface area contributed by atoms with E-state index >= 15 is 0 Å². The molecular weight excluding hydrogens is 274 g/mol. The number of aliphatic hydroxyl groups is 2. The van der Waals surface area contributed by atoms with Gasteiger partial charge < -0.3 is 10.2 Å². The Labute approximate surface area is 122 Å². The van der Waals surface area contributed by atoms with Crippen molar-refractivity contribution in [3.63, 3.8) is 0 Å². The molecule has 102 valence electrons. The number of aliphatic hydroxyl groups excluding tert-OH is 2. The summed E-state index contributed by atoms with van der Waals surface area (Å²) < 4.78 is 0. The Morgan fingerprint density at radius 2 is 2.00 bits per heavy atom. The van der Waals surface area contributed by atoms with Gasteiger partial charge in [-0.25, -0.2) is 0 Å². The standard InChI is InChI=1S/C16H14ClNO2/c17-12-8-14-15(18-9-12)4-3-11-2-1-10(5-6-19)7-13(11)16(14)20/h1-4,7-9,16,19-20H,5-6H2/t16-/m1/s1. The molecule has 1 aromatic heterocycles. The molecule has 2 N–H and O–H groups in total. The number of rotatable bonds is 2. The third-order valence-electron chi connectivity index (χ3n) is 3.48. The Bertz CT molecular complexity index is 682. The van der Waals surface area contributed by atoms with E-state index in [9.17, 15) is 5.11 Å². The van der Waals surface area contributed by atoms with Crippen LogP contribution >= 0.6 is 11.6 Å². The second-order valence-electron chi connectivity index (χ2n) is 4.80. The largest absolute Gasteiger partial charge is 0.396 e. The van der Waals surface area contributed by atoms with Crippen LogP contribution in [-0.4, -0.2) is 21.8 Å². The van der Waals surface area contributed by atoms with Gasteiger partial charge in [-0.05, 0) is 35.3 Å². The maximum atomic E-state index is 10.6. The van der Waals surface area contributed by atoms with Crippen LogP contribution in [0.15, 0.2) is 30.5 Å². The quantitative estimate of drug-likeness (QED) is 0.893. The van der Waals surface area contributed by atoms with Crippen LogP contribution in [0.3, 0.4) is 0 Å². The third kappa shape index (κ3) is 2.36. The second-order valence-corrected chi connectivity index (χ2v) is 5.24. The molecule has 3 rings (SSSR count). The molecule has 4 heteroatoms. The highest BCUT2D eigenvalue weighted by Crippen LogP contribution is 2.33. The van der Waals surface area contributed by atoms with E-state index in [1.807, 2.05) is 30.4 Å². The van der Waals surface area contributed by atoms with Crippen molar-refractivity contribution in [2.24, 2.45) is 0 Å². The van der Waals surface area contributed by atoms with E-state index < -0.39 is 6.10 Å². The van der Waals surface area contributed by atoms with Crippen molar-refractivity contribution in [3.8, 4) is 0 Å². The summed E-state index contributed by atoms with van der Waals surface area (Å²) in [5.41, 5.74) is 4.19. The predicted molar refractivity (Wildman–Crippen MR) is 79.5 cm³/mol. The highest BCUT2D eigenvalue weighted by molar-refractivity contribution is 6.30. The molecule has 0 bridgehead atoms. The lowest BCUT2D eigenvalue weighted by Gasteiger charge is -2.15. The first-order valence-corrected chi connectivity index (χ1v) is 6.82. The summed E-state index contributed by atoms with van der Waals surface area (Å²) in [4.78, 5) is 4.25. The van der Waals surface area contributed by atoms with Crippen molar-refractivity contribution in [2.45, 2.75) is 12.5 Å². The molecule has 1 aromatic carbocycles. The van der Waals surface area contributed by atoms with Crippen molar-refractivity contribution in [2.75, 3.05) is 6.61 Å². The summed E-state index contributed by atoms with van der Waals surface area (Å²) in [6, 6.07) is 7.58. The molecule has 3 nitrogen and oxygen atoms in total. The van der Waals surface area contributed by atoms with Gasteiger partial charge in [0.2, 0.25) is 0 Å². The number of benzene rings is 1. The number of halogens is 1. The Hall–Kier alpha value is -1.68. The van der Waals surface area contributed by atoms with Gasteiger partial charge in [-0.2, -0.15) is 0 Å². The van der Waals surface area contributed by atoms with Crippen molar-refractivity contribution in [3.05, 3.63) is 63.4 Å². The van der Waals surface area contributed by atoms with Crippen LogP contribution in [0, 0.1) is 0 Å². The van der Waals surface area contributed by atoms with Gasteiger partial charge in [-0.1, -0.05) is 35.9 Å². The van der Waals surface area contributed by atoms with E-state index in [1.165, 1.54) is 0 Å². The van der Waals surface area contributed by atoms with Gasteiger partial charge in [0.15, 0.2) is 0 Å². The molecule has 2 aromatic rings. The van der Waals surface area contributed by atoms with Crippen LogP contribution in [-0.2, 0) is 6.42 Å². The summed E-state index contributed by atoms with van der Waals surface area (Å²) >= 11 is 5.97. The molecule has 0 saturated heterocycles. The van der Waals surface area contributed by atoms with E-state index in [1.54, 1.807) is 12.3 Å². The van der Waals surface area contributed by atoms with Crippen molar-refractivity contribution in [1.29, 1.82) is 0 Å². The lowest BCUT2D eigenvalue weighted by molar-refractivity contribution is 0.219. The molecule has 0 aliphatic heterocycles. The molecule has 0 amide bonds. The first kappa shape index (κ1) is 13.3. The fraction of sp³-hybridized carbons (Fsp3) is 0.188. The molecule has 1 heterocycles. The maximum absolute atomic E-state index is 10.6. The minimum absolute atomic E-state index is 0.0920. The minimum atomic E-state index is -0.764. The topological polar surface area (TPSA) is 53.4 Å². The van der Waals surface area contributed by atoms with Crippen molar-refractivity contribution in [1.82, 2.24) is 4.98 Å². The molecule has 1 aliphatic rings. The van der Waals surface area contributed by atoms with Gasteiger partial charge in [0.05, 0.1) is 10.7 Å². The zero-order valence-corrected chi connectivity index (χ0v) is 11.5. The molecule has 20 heavy (non-hydrogen) atoms. The lowest BCUT2D eigenvalue weighted by atomic mass is 9.95. The fourth-order valence-corrected chi connectivity index (χ4v) is 2.62. The Kier molecular flexibility index (Phi) is 3.57. The minimum Gasteiger partial charge on any atom is -0.396 e. The summed E-state index contributed by atoms with van der Waals surface area (Å²) in [6.07, 6.45) is 5.20. The van der Waals surface area contributed by atoms with Crippen LogP contribution in [0.1, 0.15) is 34.1 Å². The highest BCUT2D eigenvalue weighted by atomic mass is 35.5. The number of hydrogen-bond acceptors (Lipinski definition) is 3. The van der Waals surface area contributed by atoms with E-state index in [-0.39, 0.29) is 6.61 Å². The van der Waals surface area contributed by atoms with Gasteiger partial charge in [-0.3, -0.25) is 4.98 Å². The van der Waals surface area contributed by atoms with Crippen molar-refractivity contribution < 1.29 is 10.2 Å². The van der Waals surface area contributed by atoms with E-state index in [0.717, 1.165) is 22.4 Å². The van der Waals surface area contributed by atoms with Crippen LogP contribution in [0.4, 0.5) is 0 Å². The van der Waals surface area contributed by atoms with Gasteiger partial charge >= 0.3 is 0 Å². The molecule has 0 saturated carbocycles. The SMILES string of the molecule is OCCc1ccc2c(c1)[C@@H](O)c1cc(Cl)cnc1C=C2. The molecule has 0 fully saturated rings. The third-order valence-corrected chi connectivity index (χ3v) is 3.68. The van der Waals surface area contributed by atoms with Gasteiger partial charge in [-0.15, -0.1) is 0 Å². The van der Waals surface area contributed by atoms with Crippen LogP contribution < -0.4 is 0 Å². The summed E-state index contributed by atoms with van der Waals surface area (Å²) in [5.74, 6) is 0.